The molecule has 32 atom stereocenters. The maximum Gasteiger partial charge on any atom is 0.305 e. The molecule has 0 amide bonds. The van der Waals surface area contributed by atoms with E-state index < -0.39 is 99.8 Å². The molecular weight excluding hydrogens is 1150 g/mol. The van der Waals surface area contributed by atoms with Gasteiger partial charge >= 0.3 is 17.9 Å². The van der Waals surface area contributed by atoms with Gasteiger partial charge in [-0.05, 0) is 305 Å². The maximum absolute atomic E-state index is 14.3. The minimum absolute atomic E-state index is 0.0354. The summed E-state index contributed by atoms with van der Waals surface area (Å²) >= 11 is 0. The number of hydrogen-bond acceptors (Lipinski definition) is 11. The molecule has 0 aromatic heterocycles. The van der Waals surface area contributed by atoms with Gasteiger partial charge in [0.25, 0.3) is 0 Å². The van der Waals surface area contributed by atoms with Crippen LogP contribution < -0.4 is 0 Å². The molecule has 12 aliphatic carbocycles. The molecule has 0 aromatic rings. The number of hydrogen-bond donors (Lipinski definition) is 6. The number of carbonyl (C=O) groups excluding carboxylic acids is 3. The summed E-state index contributed by atoms with van der Waals surface area (Å²) in [5.41, 5.74) is -1.19. The van der Waals surface area contributed by atoms with E-state index in [4.69, 9.17) is 30.0 Å². The van der Waals surface area contributed by atoms with E-state index in [1.165, 1.54) is 14.2 Å². The third-order valence-corrected chi connectivity index (χ3v) is 31.7. The number of carboxylic acid groups (broad SMARTS) is 1. The predicted molar refractivity (Wildman–Crippen MR) is 361 cm³/mol. The predicted octanol–water partition coefficient (Wildman–Crippen LogP) is 15.7. The van der Waals surface area contributed by atoms with Crippen molar-refractivity contribution < 1.29 is 79.9 Å². The summed E-state index contributed by atoms with van der Waals surface area (Å²) in [5.74, 6) is -3.74. The van der Waals surface area contributed by atoms with Crippen molar-refractivity contribution in [1.82, 2.24) is 0 Å². The van der Waals surface area contributed by atoms with Crippen LogP contribution in [0.4, 0.5) is 0 Å². The third kappa shape index (κ3) is 12.6. The van der Waals surface area contributed by atoms with Crippen LogP contribution in [-0.2, 0) is 28.7 Å². The molecule has 12 saturated carbocycles. The van der Waals surface area contributed by atoms with E-state index in [0.29, 0.717) is 93.8 Å². The first-order chi connectivity index (χ1) is 49.2. The van der Waals surface area contributed by atoms with E-state index >= 15 is 0 Å². The van der Waals surface area contributed by atoms with Crippen LogP contribution >= 0.6 is 0 Å². The number of Topliss-reactive ketones (excluding diaryl/α,β-unsaturated/α-hetero) is 1. The highest BCUT2D eigenvalue weighted by molar-refractivity contribution is 5.86. The Hall–Kier alpha value is -2.12. The largest absolute Gasteiger partial charge is 0.481 e. The molecule has 12 heteroatoms. The van der Waals surface area contributed by atoms with Crippen LogP contribution in [0.2, 0.25) is 0 Å². The van der Waals surface area contributed by atoms with Gasteiger partial charge in [-0.3, -0.25) is 19.2 Å². The molecule has 12 rings (SSSR count). The molecule has 0 aliphatic heterocycles. The van der Waals surface area contributed by atoms with Gasteiger partial charge in [0.15, 0.2) is 0 Å². The van der Waals surface area contributed by atoms with Crippen LogP contribution in [0.25, 0.3) is 0 Å². The van der Waals surface area contributed by atoms with Gasteiger partial charge in [-0.25, -0.2) is 0 Å². The number of ether oxygens (including phenoxy) is 2. The standard InChI is InChI=1S/C27H46O4.C27H44O4.C26H44O4/c2*1-6-18-22-15-17(28)11-13-27(22,4)21-12-14-26(3)19(16(2)7-10-23(29)31-5)8-9-20(26)24(21)25(18)30;1-5-17-21-14-16(27)10-12-26(21,4)20-11-13-25(3)18(15(2)6-9-22(28)29)7-8-19(25)23(20)24(17)30/h16-22,24-25,28,30H,6-15H2,1-5H3;16-22,24,28H,6-15H2,1-5H3;15-21,23-24,27,30H,5-14H2,1-4H3,(H,28,29)/t16-,17-,18-,19-,20+,21+,22+,24+,25-,26-,27-;16-,17-,18-,19-,20+,21+,22+,24+,26-,27-;15-,16-,17-,18-,19+,20+,21+,23+,24-,25-,26-/m111/s1/i2*1D3,6D2;1D3,5D2. The lowest BCUT2D eigenvalue weighted by Gasteiger charge is -2.64. The Morgan fingerprint density at radius 3 is 1.17 bits per heavy atom. The fourth-order valence-electron chi connectivity index (χ4n) is 26.9. The molecule has 12 nitrogen and oxygen atoms in total. The molecule has 0 unspecified atom stereocenters. The number of fused-ring (bicyclic) bond motifs is 15. The highest BCUT2D eigenvalue weighted by Crippen LogP contribution is 2.73. The van der Waals surface area contributed by atoms with Crippen molar-refractivity contribution in [3.8, 4) is 0 Å². The minimum Gasteiger partial charge on any atom is -0.481 e. The maximum atomic E-state index is 14.3. The zero-order valence-corrected chi connectivity index (χ0v) is 58.2. The summed E-state index contributed by atoms with van der Waals surface area (Å²) in [7, 11) is 2.82. The topological polar surface area (TPSA) is 208 Å². The number of carboxylic acids is 1. The molecule has 0 saturated heterocycles. The van der Waals surface area contributed by atoms with E-state index in [0.717, 1.165) is 103 Å². The zero-order chi connectivity index (χ0) is 79.8. The van der Waals surface area contributed by atoms with E-state index in [1.54, 1.807) is 0 Å². The summed E-state index contributed by atoms with van der Waals surface area (Å²) < 4.78 is 134. The molecule has 0 spiro atoms. The van der Waals surface area contributed by atoms with Crippen molar-refractivity contribution in [3.05, 3.63) is 0 Å². The first-order valence-electron chi connectivity index (χ1n) is 44.5. The number of ketones is 1. The monoisotopic (exact) mass is 1300 g/mol. The van der Waals surface area contributed by atoms with Crippen molar-refractivity contribution in [2.24, 2.45) is 157 Å². The van der Waals surface area contributed by atoms with E-state index in [9.17, 15) is 49.8 Å². The van der Waals surface area contributed by atoms with Gasteiger partial charge in [0.1, 0.15) is 5.78 Å². The zero-order valence-electron chi connectivity index (χ0n) is 73.2. The highest BCUT2D eigenvalue weighted by atomic mass is 16.5. The van der Waals surface area contributed by atoms with E-state index in [-0.39, 0.29) is 128 Å². The van der Waals surface area contributed by atoms with Crippen LogP contribution in [0.1, 0.15) is 296 Å². The molecule has 0 radical (unpaired) electrons. The van der Waals surface area contributed by atoms with Crippen LogP contribution in [0.15, 0.2) is 0 Å². The second-order valence-corrected chi connectivity index (χ2v) is 35.1. The molecule has 6 N–H and O–H groups in total. The van der Waals surface area contributed by atoms with Crippen molar-refractivity contribution >= 4 is 23.7 Å². The fourth-order valence-corrected chi connectivity index (χ4v) is 26.9. The summed E-state index contributed by atoms with van der Waals surface area (Å²) in [6, 6.07) is 0. The van der Waals surface area contributed by atoms with Crippen LogP contribution in [0.5, 0.6) is 0 Å². The number of aliphatic carboxylic acids is 1. The Kier molecular flexibility index (Phi) is 16.8. The Balaban J connectivity index is 0.000000172. The van der Waals surface area contributed by atoms with Crippen molar-refractivity contribution in [3.63, 3.8) is 0 Å². The molecule has 92 heavy (non-hydrogen) atoms. The van der Waals surface area contributed by atoms with Gasteiger partial charge in [0.2, 0.25) is 0 Å². The number of aliphatic hydroxyl groups is 5. The van der Waals surface area contributed by atoms with Crippen LogP contribution in [0.3, 0.4) is 0 Å². The molecule has 0 bridgehead atoms. The van der Waals surface area contributed by atoms with Crippen LogP contribution in [-0.4, -0.2) is 99.1 Å². The number of aliphatic hydroxyl groups excluding tert-OH is 5. The molecule has 12 aliphatic rings. The Morgan fingerprint density at radius 1 is 0.457 bits per heavy atom. The summed E-state index contributed by atoms with van der Waals surface area (Å²) in [6.45, 7) is 11.3. The SMILES string of the molecule is [2H]C([2H])([2H])C([2H])([2H])[C@H]1C(=O)[C@@H]2[C@H](CC[C@]3(C)[C@@H]([C@H](C)CCC(=O)OC)CC[C@@H]23)[C@@]2(C)CC[C@@H](O)C[C@@H]12.[2H]C([2H])([2H])C([2H])([2H])[C@H]1[C@@H](O)[C@@H]2[C@H](CC[C@]3(C)[C@@H]([C@H](C)CCC(=O)O)CC[C@@H]23)[C@@]2(C)CC[C@@H](O)C[C@@H]12.[2H]C([2H])([2H])C([2H])([2H])[C@H]1[C@@H](O)[C@@H]2[C@H](CC[C@]3(C)[C@@H]([C@H](C)CCC(=O)OC)CC[C@@H]23)[C@@]2(C)CC[C@@H](O)C[C@@H]12. The summed E-state index contributed by atoms with van der Waals surface area (Å²) in [5, 5.41) is 64.7. The first kappa shape index (κ1) is 54.7. The van der Waals surface area contributed by atoms with Gasteiger partial charge in [-0.15, -0.1) is 0 Å². The van der Waals surface area contributed by atoms with Gasteiger partial charge in [-0.2, -0.15) is 0 Å². The van der Waals surface area contributed by atoms with E-state index in [1.807, 2.05) is 0 Å². The number of carbonyl (C=O) groups is 4. The lowest BCUT2D eigenvalue weighted by molar-refractivity contribution is -0.203. The average molecular weight is 1300 g/mol. The fraction of sp³-hybridized carbons (Fsp3) is 0.950. The van der Waals surface area contributed by atoms with Crippen molar-refractivity contribution in [2.45, 2.75) is 306 Å². The Labute approximate surface area is 578 Å². The second kappa shape index (κ2) is 28.2. The van der Waals surface area contributed by atoms with Crippen molar-refractivity contribution in [1.29, 1.82) is 0 Å². The van der Waals surface area contributed by atoms with Gasteiger partial charge in [-0.1, -0.05) is 95.6 Å². The molecule has 526 valence electrons. The number of rotatable bonds is 15. The van der Waals surface area contributed by atoms with Crippen LogP contribution in [0, 0.1) is 157 Å². The highest BCUT2D eigenvalue weighted by Gasteiger charge is 2.69. The molecule has 12 fully saturated rings. The minimum atomic E-state index is -2.91. The summed E-state index contributed by atoms with van der Waals surface area (Å²) in [4.78, 5) is 49.1. The van der Waals surface area contributed by atoms with Crippen molar-refractivity contribution in [2.75, 3.05) is 14.2 Å². The average Bonchev–Trinajstić information content (AvgIpc) is 1.69. The Bertz CT molecular complexity index is 3170. The lowest BCUT2D eigenvalue weighted by Crippen LogP contribution is -2.62. The molecule has 0 heterocycles. The molecular formula is C80H134O12. The second-order valence-electron chi connectivity index (χ2n) is 35.1. The van der Waals surface area contributed by atoms with Gasteiger partial charge in [0, 0.05) is 51.7 Å². The third-order valence-electron chi connectivity index (χ3n) is 31.7. The summed E-state index contributed by atoms with van der Waals surface area (Å²) in [6.07, 6.45) is 7.82. The normalized spacial score (nSPS) is 53.1. The molecule has 0 aromatic carbocycles. The number of methoxy groups -OCH3 is 2. The Morgan fingerprint density at radius 2 is 0.783 bits per heavy atom. The van der Waals surface area contributed by atoms with E-state index in [2.05, 4.69) is 62.3 Å². The smallest absolute Gasteiger partial charge is 0.305 e. The van der Waals surface area contributed by atoms with Gasteiger partial charge < -0.3 is 40.1 Å². The quantitative estimate of drug-likeness (QED) is 0.0847. The van der Waals surface area contributed by atoms with Gasteiger partial charge in [0.05, 0.1) is 44.7 Å². The first-order valence-corrected chi connectivity index (χ1v) is 37.0. The lowest BCUT2D eigenvalue weighted by atomic mass is 9.41. The number of esters is 2.